The number of para-hydroxylation sites is 1. The molecule has 3 aromatic rings. The minimum Gasteiger partial charge on any atom is -0.385 e. The fraction of sp³-hybridized carbons (Fsp3) is 0.316. The van der Waals surface area contributed by atoms with E-state index >= 15 is 0 Å². The highest BCUT2D eigenvalue weighted by Crippen LogP contribution is 2.47. The molecule has 2 N–H and O–H groups in total. The minimum atomic E-state index is -4.89. The Labute approximate surface area is 152 Å². The summed E-state index contributed by atoms with van der Waals surface area (Å²) in [5, 5.41) is 13.8. The summed E-state index contributed by atoms with van der Waals surface area (Å²) in [6, 6.07) is 9.69. The van der Waals surface area contributed by atoms with Crippen molar-refractivity contribution in [2.24, 2.45) is 0 Å². The van der Waals surface area contributed by atoms with Crippen LogP contribution < -0.4 is 5.32 Å². The second-order valence-electron chi connectivity index (χ2n) is 6.55. The van der Waals surface area contributed by atoms with Gasteiger partial charge in [0.1, 0.15) is 5.01 Å². The van der Waals surface area contributed by atoms with Gasteiger partial charge >= 0.3 is 6.18 Å². The maximum atomic E-state index is 14.1. The monoisotopic (exact) mass is 378 g/mol. The molecule has 1 atom stereocenters. The van der Waals surface area contributed by atoms with Crippen molar-refractivity contribution in [2.45, 2.75) is 31.5 Å². The number of alkyl halides is 3. The van der Waals surface area contributed by atoms with Crippen LogP contribution in [-0.4, -0.2) is 22.8 Å². The number of halogens is 3. The lowest BCUT2D eigenvalue weighted by molar-refractivity contribution is -0.248. The van der Waals surface area contributed by atoms with E-state index in [2.05, 4.69) is 10.3 Å². The average Bonchev–Trinajstić information content (AvgIpc) is 3.04. The Morgan fingerprint density at radius 1 is 1.19 bits per heavy atom. The lowest BCUT2D eigenvalue weighted by Gasteiger charge is -2.31. The second kappa shape index (κ2) is 5.96. The first-order valence-electron chi connectivity index (χ1n) is 8.34. The largest absolute Gasteiger partial charge is 0.428 e. The van der Waals surface area contributed by atoms with Crippen LogP contribution in [0.1, 0.15) is 28.1 Å². The van der Waals surface area contributed by atoms with E-state index in [1.807, 2.05) is 0 Å². The van der Waals surface area contributed by atoms with Crippen molar-refractivity contribution < 1.29 is 18.3 Å². The highest BCUT2D eigenvalue weighted by Gasteiger charge is 2.58. The van der Waals surface area contributed by atoms with Gasteiger partial charge in [-0.2, -0.15) is 13.2 Å². The summed E-state index contributed by atoms with van der Waals surface area (Å²) >= 11 is 0.872. The number of benzene rings is 2. The number of aromatic nitrogens is 1. The van der Waals surface area contributed by atoms with Crippen LogP contribution in [0.3, 0.4) is 0 Å². The first-order valence-corrected chi connectivity index (χ1v) is 9.15. The first-order chi connectivity index (χ1) is 12.3. The van der Waals surface area contributed by atoms with Gasteiger partial charge in [0.25, 0.3) is 0 Å². The van der Waals surface area contributed by atoms with Crippen molar-refractivity contribution in [3.8, 4) is 0 Å². The third-order valence-electron chi connectivity index (χ3n) is 4.77. The summed E-state index contributed by atoms with van der Waals surface area (Å²) < 4.78 is 42.8. The standard InChI is InChI=1S/C19H17F3N2OS/c1-11-9-13(10-12-5-4-8-23-16(11)12)18(25,19(20,21)22)17-24-14-6-2-3-7-15(14)26-17/h2-3,6-7,9-10,23,25H,4-5,8H2,1H3/t18-/m1/s1. The van der Waals surface area contributed by atoms with Crippen molar-refractivity contribution in [3.63, 3.8) is 0 Å². The molecule has 0 spiro atoms. The van der Waals surface area contributed by atoms with Gasteiger partial charge in [-0.25, -0.2) is 4.98 Å². The zero-order valence-electron chi connectivity index (χ0n) is 14.0. The molecule has 1 aliphatic rings. The molecule has 0 bridgehead atoms. The van der Waals surface area contributed by atoms with Crippen LogP contribution in [0.4, 0.5) is 18.9 Å². The molecule has 2 aromatic carbocycles. The molecule has 4 rings (SSSR count). The predicted molar refractivity (Wildman–Crippen MR) is 96.7 cm³/mol. The molecule has 0 aliphatic carbocycles. The quantitative estimate of drug-likeness (QED) is 0.676. The van der Waals surface area contributed by atoms with Gasteiger partial charge in [-0.1, -0.05) is 24.3 Å². The highest BCUT2D eigenvalue weighted by atomic mass is 32.1. The predicted octanol–water partition coefficient (Wildman–Crippen LogP) is 4.76. The Morgan fingerprint density at radius 3 is 2.69 bits per heavy atom. The van der Waals surface area contributed by atoms with Crippen LogP contribution in [0.25, 0.3) is 10.2 Å². The molecule has 0 radical (unpaired) electrons. The summed E-state index contributed by atoms with van der Waals surface area (Å²) in [6.07, 6.45) is -3.35. The van der Waals surface area contributed by atoms with Crippen LogP contribution in [0.15, 0.2) is 36.4 Å². The smallest absolute Gasteiger partial charge is 0.385 e. The van der Waals surface area contributed by atoms with Crippen molar-refractivity contribution in [1.82, 2.24) is 4.98 Å². The number of aliphatic hydroxyl groups is 1. The van der Waals surface area contributed by atoms with Crippen LogP contribution in [0.2, 0.25) is 0 Å². The number of nitrogens with zero attached hydrogens (tertiary/aromatic N) is 1. The lowest BCUT2D eigenvalue weighted by Crippen LogP contribution is -2.43. The summed E-state index contributed by atoms with van der Waals surface area (Å²) in [5.74, 6) is 0. The Hall–Kier alpha value is -2.12. The van der Waals surface area contributed by atoms with Crippen molar-refractivity contribution in [1.29, 1.82) is 0 Å². The molecule has 0 fully saturated rings. The maximum absolute atomic E-state index is 14.1. The molecule has 2 heterocycles. The van der Waals surface area contributed by atoms with Gasteiger partial charge < -0.3 is 10.4 Å². The maximum Gasteiger partial charge on any atom is 0.428 e. The summed E-state index contributed by atoms with van der Waals surface area (Å²) in [6.45, 7) is 2.56. The van der Waals surface area contributed by atoms with E-state index in [-0.39, 0.29) is 10.6 Å². The topological polar surface area (TPSA) is 45.2 Å². The van der Waals surface area contributed by atoms with E-state index in [1.165, 1.54) is 12.1 Å². The molecule has 136 valence electrons. The first kappa shape index (κ1) is 17.3. The molecule has 26 heavy (non-hydrogen) atoms. The molecule has 0 saturated carbocycles. The molecular weight excluding hydrogens is 361 g/mol. The highest BCUT2D eigenvalue weighted by molar-refractivity contribution is 7.18. The van der Waals surface area contributed by atoms with E-state index in [1.54, 1.807) is 31.2 Å². The normalized spacial score (nSPS) is 16.8. The SMILES string of the molecule is Cc1cc([C@@](O)(c2nc3ccccc3s2)C(F)(F)F)cc2c1NCCC2. The van der Waals surface area contributed by atoms with Crippen LogP contribution in [-0.2, 0) is 12.0 Å². The van der Waals surface area contributed by atoms with Gasteiger partial charge in [0.15, 0.2) is 0 Å². The number of hydrogen-bond acceptors (Lipinski definition) is 4. The number of nitrogens with one attached hydrogen (secondary N) is 1. The third-order valence-corrected chi connectivity index (χ3v) is 5.92. The third kappa shape index (κ3) is 2.57. The van der Waals surface area contributed by atoms with Gasteiger partial charge in [0.05, 0.1) is 10.2 Å². The Kier molecular flexibility index (Phi) is 3.96. The zero-order valence-corrected chi connectivity index (χ0v) is 14.8. The Morgan fingerprint density at radius 2 is 1.96 bits per heavy atom. The summed E-state index contributed by atoms with van der Waals surface area (Å²) in [4.78, 5) is 4.10. The molecule has 3 nitrogen and oxygen atoms in total. The van der Waals surface area contributed by atoms with Crippen molar-refractivity contribution in [2.75, 3.05) is 11.9 Å². The van der Waals surface area contributed by atoms with Crippen molar-refractivity contribution >= 4 is 27.2 Å². The van der Waals surface area contributed by atoms with Crippen LogP contribution >= 0.6 is 11.3 Å². The Balaban J connectivity index is 1.94. The van der Waals surface area contributed by atoms with E-state index < -0.39 is 11.8 Å². The molecule has 7 heteroatoms. The van der Waals surface area contributed by atoms with E-state index in [0.717, 1.165) is 35.6 Å². The van der Waals surface area contributed by atoms with E-state index in [4.69, 9.17) is 0 Å². The lowest BCUT2D eigenvalue weighted by atomic mass is 9.88. The van der Waals surface area contributed by atoms with Gasteiger partial charge in [0.2, 0.25) is 5.60 Å². The summed E-state index contributed by atoms with van der Waals surface area (Å²) in [7, 11) is 0. The minimum absolute atomic E-state index is 0.177. The number of rotatable bonds is 2. The van der Waals surface area contributed by atoms with E-state index in [0.29, 0.717) is 22.2 Å². The van der Waals surface area contributed by atoms with E-state index in [9.17, 15) is 18.3 Å². The number of thiazole rings is 1. The average molecular weight is 378 g/mol. The number of fused-ring (bicyclic) bond motifs is 2. The van der Waals surface area contributed by atoms with Gasteiger partial charge in [-0.3, -0.25) is 0 Å². The second-order valence-corrected chi connectivity index (χ2v) is 7.58. The number of aryl methyl sites for hydroxylation is 2. The fourth-order valence-electron chi connectivity index (χ4n) is 3.45. The molecule has 1 aliphatic heterocycles. The zero-order chi connectivity index (χ0) is 18.5. The number of anilines is 1. The summed E-state index contributed by atoms with van der Waals surface area (Å²) in [5.41, 5.74) is -0.492. The van der Waals surface area contributed by atoms with Crippen LogP contribution in [0, 0.1) is 6.92 Å². The van der Waals surface area contributed by atoms with Gasteiger partial charge in [-0.15, -0.1) is 11.3 Å². The van der Waals surface area contributed by atoms with Gasteiger partial charge in [-0.05, 0) is 43.0 Å². The fourth-order valence-corrected chi connectivity index (χ4v) is 4.55. The number of hydrogen-bond donors (Lipinski definition) is 2. The van der Waals surface area contributed by atoms with Crippen LogP contribution in [0.5, 0.6) is 0 Å². The molecule has 0 unspecified atom stereocenters. The molecule has 1 aromatic heterocycles. The Bertz CT molecular complexity index is 950. The molecule has 0 saturated heterocycles. The van der Waals surface area contributed by atoms with Gasteiger partial charge in [0, 0.05) is 17.8 Å². The molecule has 0 amide bonds. The molecular formula is C19H17F3N2OS. The van der Waals surface area contributed by atoms with Crippen molar-refractivity contribution in [3.05, 3.63) is 58.1 Å².